The average molecular weight is 287 g/mol. The summed E-state index contributed by atoms with van der Waals surface area (Å²) in [6, 6.07) is 16.7. The summed E-state index contributed by atoms with van der Waals surface area (Å²) < 4.78 is 5.76. The Morgan fingerprint density at radius 2 is 1.86 bits per heavy atom. The molecule has 0 saturated carbocycles. The van der Waals surface area contributed by atoms with E-state index in [0.717, 1.165) is 33.1 Å². The molecule has 0 fully saturated rings. The van der Waals surface area contributed by atoms with Gasteiger partial charge in [-0.15, -0.1) is 0 Å². The molecule has 0 bridgehead atoms. The van der Waals surface area contributed by atoms with Crippen LogP contribution in [0, 0.1) is 0 Å². The predicted molar refractivity (Wildman–Crippen MR) is 87.5 cm³/mol. The molecule has 106 valence electrons. The number of carbonyl (C=O) groups is 1. The molecule has 2 heterocycles. The molecule has 4 aromatic rings. The zero-order chi connectivity index (χ0) is 14.7. The number of hydrogen-bond donors (Lipinski definition) is 1. The van der Waals surface area contributed by atoms with Gasteiger partial charge in [0, 0.05) is 28.1 Å². The van der Waals surface area contributed by atoms with E-state index in [9.17, 15) is 4.79 Å². The minimum Gasteiger partial charge on any atom is -0.485 e. The number of fused-ring (bicyclic) bond motifs is 7. The molecule has 1 N–H and O–H groups in total. The summed E-state index contributed by atoms with van der Waals surface area (Å²) >= 11 is 0. The molecule has 0 spiro atoms. The minimum atomic E-state index is 0.136. The standard InChI is InChI=1S/C19H13NO2/c21-13-9-12-6-8-16-17(19(12)22-10-13)15-7-5-11-3-1-2-4-14(11)18(15)20-16/h1-8,20H,9-10H2. The van der Waals surface area contributed by atoms with E-state index < -0.39 is 0 Å². The summed E-state index contributed by atoms with van der Waals surface area (Å²) in [6.07, 6.45) is 0.464. The normalized spacial score (nSPS) is 14.5. The molecule has 1 aliphatic heterocycles. The van der Waals surface area contributed by atoms with Gasteiger partial charge in [-0.05, 0) is 11.5 Å². The number of carbonyl (C=O) groups excluding carboxylic acids is 1. The molecule has 22 heavy (non-hydrogen) atoms. The van der Waals surface area contributed by atoms with Crippen LogP contribution in [0.2, 0.25) is 0 Å². The molecule has 0 unspecified atom stereocenters. The van der Waals surface area contributed by atoms with Crippen LogP contribution in [0.5, 0.6) is 5.75 Å². The molecule has 1 aliphatic rings. The molecule has 0 atom stereocenters. The molecule has 0 amide bonds. The molecular weight excluding hydrogens is 274 g/mol. The van der Waals surface area contributed by atoms with Crippen molar-refractivity contribution in [1.29, 1.82) is 0 Å². The summed E-state index contributed by atoms with van der Waals surface area (Å²) in [5.74, 6) is 0.996. The van der Waals surface area contributed by atoms with Gasteiger partial charge >= 0.3 is 0 Å². The molecular formula is C19H13NO2. The number of Topliss-reactive ketones (excluding diaryl/α,β-unsaturated/α-hetero) is 1. The van der Waals surface area contributed by atoms with Crippen LogP contribution in [-0.2, 0) is 11.2 Å². The van der Waals surface area contributed by atoms with E-state index in [1.165, 1.54) is 10.8 Å². The van der Waals surface area contributed by atoms with Gasteiger partial charge in [0.05, 0.1) is 11.0 Å². The molecule has 0 saturated heterocycles. The highest BCUT2D eigenvalue weighted by Crippen LogP contribution is 2.39. The van der Waals surface area contributed by atoms with Crippen LogP contribution in [0.3, 0.4) is 0 Å². The second kappa shape index (κ2) is 4.10. The van der Waals surface area contributed by atoms with Crippen LogP contribution < -0.4 is 4.74 Å². The summed E-state index contributed by atoms with van der Waals surface area (Å²) in [5.41, 5.74) is 3.17. The topological polar surface area (TPSA) is 42.1 Å². The van der Waals surface area contributed by atoms with Crippen molar-refractivity contribution in [2.45, 2.75) is 6.42 Å². The quantitative estimate of drug-likeness (QED) is 0.531. The second-order valence-corrected chi connectivity index (χ2v) is 5.81. The Bertz CT molecular complexity index is 1080. The van der Waals surface area contributed by atoms with E-state index in [1.807, 2.05) is 18.2 Å². The molecule has 0 aliphatic carbocycles. The lowest BCUT2D eigenvalue weighted by Gasteiger charge is -2.17. The van der Waals surface area contributed by atoms with E-state index in [2.05, 4.69) is 35.3 Å². The first-order valence-corrected chi connectivity index (χ1v) is 7.41. The van der Waals surface area contributed by atoms with Gasteiger partial charge in [-0.3, -0.25) is 4.79 Å². The molecule has 3 nitrogen and oxygen atoms in total. The fourth-order valence-electron chi connectivity index (χ4n) is 3.47. The lowest BCUT2D eigenvalue weighted by atomic mass is 10.0. The summed E-state index contributed by atoms with van der Waals surface area (Å²) in [5, 5.41) is 4.66. The maximum Gasteiger partial charge on any atom is 0.174 e. The van der Waals surface area contributed by atoms with Crippen molar-refractivity contribution in [3.63, 3.8) is 0 Å². The first-order chi connectivity index (χ1) is 10.8. The average Bonchev–Trinajstić information content (AvgIpc) is 2.94. The van der Waals surface area contributed by atoms with Gasteiger partial charge < -0.3 is 9.72 Å². The Morgan fingerprint density at radius 3 is 2.82 bits per heavy atom. The molecule has 0 radical (unpaired) electrons. The maximum atomic E-state index is 11.6. The third kappa shape index (κ3) is 1.48. The largest absolute Gasteiger partial charge is 0.485 e. The number of benzene rings is 3. The van der Waals surface area contributed by atoms with Gasteiger partial charge in [-0.25, -0.2) is 0 Å². The lowest BCUT2D eigenvalue weighted by molar-refractivity contribution is -0.121. The third-order valence-corrected chi connectivity index (χ3v) is 4.46. The second-order valence-electron chi connectivity index (χ2n) is 5.81. The SMILES string of the molecule is O=C1COc2c(ccc3[nH]c4c5ccccc5ccc4c23)C1. The monoisotopic (exact) mass is 287 g/mol. The summed E-state index contributed by atoms with van der Waals surface area (Å²) in [7, 11) is 0. The van der Waals surface area contributed by atoms with Crippen LogP contribution >= 0.6 is 0 Å². The number of aromatic amines is 1. The van der Waals surface area contributed by atoms with E-state index in [1.54, 1.807) is 0 Å². The third-order valence-electron chi connectivity index (χ3n) is 4.46. The van der Waals surface area contributed by atoms with Gasteiger partial charge in [-0.2, -0.15) is 0 Å². The van der Waals surface area contributed by atoms with Crippen LogP contribution in [0.4, 0.5) is 0 Å². The highest BCUT2D eigenvalue weighted by atomic mass is 16.5. The number of aromatic nitrogens is 1. The number of nitrogens with one attached hydrogen (secondary N) is 1. The fraction of sp³-hybridized carbons (Fsp3) is 0.105. The zero-order valence-electron chi connectivity index (χ0n) is 11.8. The highest BCUT2D eigenvalue weighted by molar-refractivity contribution is 6.19. The maximum absolute atomic E-state index is 11.6. The number of rotatable bonds is 0. The van der Waals surface area contributed by atoms with E-state index >= 15 is 0 Å². The Balaban J connectivity index is 1.96. The van der Waals surface area contributed by atoms with Gasteiger partial charge in [0.15, 0.2) is 5.78 Å². The molecule has 1 aromatic heterocycles. The van der Waals surface area contributed by atoms with Crippen molar-refractivity contribution < 1.29 is 9.53 Å². The predicted octanol–water partition coefficient (Wildman–Crippen LogP) is 3.98. The zero-order valence-corrected chi connectivity index (χ0v) is 11.8. The van der Waals surface area contributed by atoms with Gasteiger partial charge in [0.2, 0.25) is 0 Å². The van der Waals surface area contributed by atoms with Crippen molar-refractivity contribution in [1.82, 2.24) is 4.98 Å². The molecule has 3 aromatic carbocycles. The van der Waals surface area contributed by atoms with Gasteiger partial charge in [0.25, 0.3) is 0 Å². The van der Waals surface area contributed by atoms with Gasteiger partial charge in [0.1, 0.15) is 12.4 Å². The van der Waals surface area contributed by atoms with Crippen LogP contribution in [0.1, 0.15) is 5.56 Å². The van der Waals surface area contributed by atoms with Crippen molar-refractivity contribution in [3.8, 4) is 5.75 Å². The van der Waals surface area contributed by atoms with Crippen LogP contribution in [0.25, 0.3) is 32.6 Å². The Morgan fingerprint density at radius 1 is 0.955 bits per heavy atom. The number of H-pyrrole nitrogens is 1. The Labute approximate surface area is 126 Å². The van der Waals surface area contributed by atoms with Crippen molar-refractivity contribution in [2.24, 2.45) is 0 Å². The number of ether oxygens (including phenoxy) is 1. The first-order valence-electron chi connectivity index (χ1n) is 7.41. The minimum absolute atomic E-state index is 0.136. The highest BCUT2D eigenvalue weighted by Gasteiger charge is 2.21. The summed E-state index contributed by atoms with van der Waals surface area (Å²) in [4.78, 5) is 15.1. The van der Waals surface area contributed by atoms with Crippen LogP contribution in [-0.4, -0.2) is 17.4 Å². The lowest BCUT2D eigenvalue weighted by Crippen LogP contribution is -2.20. The van der Waals surface area contributed by atoms with Crippen molar-refractivity contribution in [3.05, 3.63) is 54.1 Å². The van der Waals surface area contributed by atoms with E-state index in [4.69, 9.17) is 4.74 Å². The Hall–Kier alpha value is -2.81. The first kappa shape index (κ1) is 11.8. The molecule has 5 rings (SSSR count). The van der Waals surface area contributed by atoms with Crippen molar-refractivity contribution >= 4 is 38.4 Å². The van der Waals surface area contributed by atoms with Crippen LogP contribution in [0.15, 0.2) is 48.5 Å². The smallest absolute Gasteiger partial charge is 0.174 e. The van der Waals surface area contributed by atoms with E-state index in [-0.39, 0.29) is 12.4 Å². The van der Waals surface area contributed by atoms with Gasteiger partial charge in [-0.1, -0.05) is 42.5 Å². The summed E-state index contributed by atoms with van der Waals surface area (Å²) in [6.45, 7) is 0.173. The van der Waals surface area contributed by atoms with E-state index in [0.29, 0.717) is 6.42 Å². The number of hydrogen-bond acceptors (Lipinski definition) is 2. The molecule has 3 heteroatoms. The number of ketones is 1. The fourth-order valence-corrected chi connectivity index (χ4v) is 3.47. The Kier molecular flexibility index (Phi) is 2.20. The van der Waals surface area contributed by atoms with Crippen molar-refractivity contribution in [2.75, 3.05) is 6.61 Å².